The molecule has 3 rings (SSSR count). The smallest absolute Gasteiger partial charge is 0.305 e. The summed E-state index contributed by atoms with van der Waals surface area (Å²) >= 11 is 1.26. The second kappa shape index (κ2) is 7.75. The predicted molar refractivity (Wildman–Crippen MR) is 109 cm³/mol. The van der Waals surface area contributed by atoms with E-state index in [2.05, 4.69) is 0 Å². The fourth-order valence-electron chi connectivity index (χ4n) is 3.41. The molecule has 2 unspecified atom stereocenters. The summed E-state index contributed by atoms with van der Waals surface area (Å²) in [6, 6.07) is 10.1. The molecule has 6 nitrogen and oxygen atoms in total. The second-order valence-electron chi connectivity index (χ2n) is 7.23. The molecule has 1 aliphatic rings. The van der Waals surface area contributed by atoms with Gasteiger partial charge in [0.1, 0.15) is 16.9 Å². The van der Waals surface area contributed by atoms with Gasteiger partial charge in [0.25, 0.3) is 0 Å². The van der Waals surface area contributed by atoms with Gasteiger partial charge in [-0.25, -0.2) is 0 Å². The molecule has 0 aliphatic carbocycles. The van der Waals surface area contributed by atoms with E-state index in [1.54, 1.807) is 48.2 Å². The van der Waals surface area contributed by atoms with E-state index >= 15 is 0 Å². The summed E-state index contributed by atoms with van der Waals surface area (Å²) in [6.07, 6.45) is -0.274. The number of carbonyl (C=O) groups is 2. The molecule has 1 aliphatic heterocycles. The number of carbonyl (C=O) groups excluding carboxylic acids is 1. The van der Waals surface area contributed by atoms with Gasteiger partial charge in [-0.2, -0.15) is 0 Å². The minimum Gasteiger partial charge on any atom is -0.508 e. The summed E-state index contributed by atoms with van der Waals surface area (Å²) in [5.74, 6) is -1.01. The number of aliphatic carboxylic acids is 1. The standard InChI is InChI=1S/C21H23NO5S/c1-11(2)15-9-16(12(3)7-17(15)24)22-20(27)18(10-19(25)26)28-21(22)13-5-4-6-14(23)8-13/h4-9,11,18,21,23-24H,10H2,1-3H3,(H,25,26). The van der Waals surface area contributed by atoms with E-state index in [1.165, 1.54) is 11.8 Å². The molecule has 0 aromatic heterocycles. The van der Waals surface area contributed by atoms with Crippen LogP contribution in [-0.2, 0) is 9.59 Å². The lowest BCUT2D eigenvalue weighted by atomic mass is 9.98. The molecular formula is C21H23NO5S. The van der Waals surface area contributed by atoms with Crippen LogP contribution in [0.4, 0.5) is 5.69 Å². The molecule has 3 N–H and O–H groups in total. The van der Waals surface area contributed by atoms with E-state index in [-0.39, 0.29) is 29.7 Å². The number of hydrogen-bond acceptors (Lipinski definition) is 5. The zero-order valence-corrected chi connectivity index (χ0v) is 16.7. The molecule has 0 bridgehead atoms. The Labute approximate surface area is 167 Å². The molecule has 0 spiro atoms. The van der Waals surface area contributed by atoms with E-state index < -0.39 is 16.6 Å². The van der Waals surface area contributed by atoms with Crippen LogP contribution in [0.3, 0.4) is 0 Å². The number of amides is 1. The maximum Gasteiger partial charge on any atom is 0.305 e. The van der Waals surface area contributed by atoms with E-state index in [4.69, 9.17) is 0 Å². The van der Waals surface area contributed by atoms with Gasteiger partial charge in [0.05, 0.1) is 11.7 Å². The maximum atomic E-state index is 13.1. The van der Waals surface area contributed by atoms with Crippen molar-refractivity contribution in [1.82, 2.24) is 0 Å². The molecule has 7 heteroatoms. The lowest BCUT2D eigenvalue weighted by Crippen LogP contribution is -2.32. The van der Waals surface area contributed by atoms with Gasteiger partial charge in [-0.05, 0) is 53.8 Å². The Morgan fingerprint density at radius 1 is 1.21 bits per heavy atom. The number of hydrogen-bond donors (Lipinski definition) is 3. The Kier molecular flexibility index (Phi) is 5.56. The fraction of sp³-hybridized carbons (Fsp3) is 0.333. The molecule has 1 amide bonds. The highest BCUT2D eigenvalue weighted by Crippen LogP contribution is 2.49. The molecule has 0 radical (unpaired) electrons. The Hall–Kier alpha value is -2.67. The van der Waals surface area contributed by atoms with Crippen LogP contribution >= 0.6 is 11.8 Å². The average molecular weight is 401 g/mol. The Morgan fingerprint density at radius 3 is 2.54 bits per heavy atom. The number of nitrogens with zero attached hydrogens (tertiary/aromatic N) is 1. The van der Waals surface area contributed by atoms with Crippen molar-refractivity contribution in [2.45, 2.75) is 43.7 Å². The van der Waals surface area contributed by atoms with E-state index in [0.717, 1.165) is 11.1 Å². The first-order valence-corrected chi connectivity index (χ1v) is 9.96. The van der Waals surface area contributed by atoms with Gasteiger partial charge < -0.3 is 15.3 Å². The van der Waals surface area contributed by atoms with Crippen molar-refractivity contribution in [3.8, 4) is 11.5 Å². The van der Waals surface area contributed by atoms with Crippen LogP contribution < -0.4 is 4.90 Å². The van der Waals surface area contributed by atoms with Gasteiger partial charge in [0, 0.05) is 5.69 Å². The van der Waals surface area contributed by atoms with Crippen molar-refractivity contribution in [3.05, 3.63) is 53.1 Å². The summed E-state index contributed by atoms with van der Waals surface area (Å²) in [6.45, 7) is 5.71. The van der Waals surface area contributed by atoms with Gasteiger partial charge in [-0.1, -0.05) is 26.0 Å². The maximum absolute atomic E-state index is 13.1. The number of anilines is 1. The molecule has 1 heterocycles. The summed E-state index contributed by atoms with van der Waals surface area (Å²) in [4.78, 5) is 26.0. The summed E-state index contributed by atoms with van der Waals surface area (Å²) in [7, 11) is 0. The van der Waals surface area contributed by atoms with Crippen LogP contribution in [0.5, 0.6) is 11.5 Å². The quantitative estimate of drug-likeness (QED) is 0.696. The first kappa shape index (κ1) is 20.1. The molecule has 148 valence electrons. The molecule has 2 aromatic carbocycles. The Morgan fingerprint density at radius 2 is 1.93 bits per heavy atom. The molecule has 2 atom stereocenters. The number of phenolic OH excluding ortho intramolecular Hbond substituents is 2. The van der Waals surface area contributed by atoms with Gasteiger partial charge in [0.2, 0.25) is 5.91 Å². The second-order valence-corrected chi connectivity index (χ2v) is 8.52. The van der Waals surface area contributed by atoms with Crippen molar-refractivity contribution in [2.75, 3.05) is 4.90 Å². The number of carboxylic acids is 1. The molecule has 1 saturated heterocycles. The van der Waals surface area contributed by atoms with Crippen molar-refractivity contribution < 1.29 is 24.9 Å². The SMILES string of the molecule is Cc1cc(O)c(C(C)C)cc1N1C(=O)C(CC(=O)O)SC1c1cccc(O)c1. The number of phenols is 2. The number of aromatic hydroxyl groups is 2. The summed E-state index contributed by atoms with van der Waals surface area (Å²) < 4.78 is 0. The third-order valence-corrected chi connectivity index (χ3v) is 6.22. The van der Waals surface area contributed by atoms with Crippen LogP contribution in [0.2, 0.25) is 0 Å². The number of carboxylic acid groups (broad SMARTS) is 1. The highest BCUT2D eigenvalue weighted by molar-refractivity contribution is 8.01. The normalized spacial score (nSPS) is 19.4. The van der Waals surface area contributed by atoms with Crippen LogP contribution in [0.1, 0.15) is 48.3 Å². The Balaban J connectivity index is 2.12. The van der Waals surface area contributed by atoms with Crippen LogP contribution in [-0.4, -0.2) is 32.4 Å². The van der Waals surface area contributed by atoms with Crippen LogP contribution in [0, 0.1) is 6.92 Å². The largest absolute Gasteiger partial charge is 0.508 e. The van der Waals surface area contributed by atoms with Gasteiger partial charge in [-0.15, -0.1) is 11.8 Å². The van der Waals surface area contributed by atoms with Crippen molar-refractivity contribution >= 4 is 29.3 Å². The van der Waals surface area contributed by atoms with E-state index in [1.807, 2.05) is 13.8 Å². The molecule has 28 heavy (non-hydrogen) atoms. The van der Waals surface area contributed by atoms with Gasteiger partial charge >= 0.3 is 5.97 Å². The van der Waals surface area contributed by atoms with Crippen LogP contribution in [0.25, 0.3) is 0 Å². The van der Waals surface area contributed by atoms with E-state index in [0.29, 0.717) is 11.3 Å². The first-order chi connectivity index (χ1) is 13.2. The summed E-state index contributed by atoms with van der Waals surface area (Å²) in [5, 5.41) is 28.2. The van der Waals surface area contributed by atoms with Crippen LogP contribution in [0.15, 0.2) is 36.4 Å². The van der Waals surface area contributed by atoms with Crippen molar-refractivity contribution in [2.24, 2.45) is 0 Å². The van der Waals surface area contributed by atoms with Crippen molar-refractivity contribution in [1.29, 1.82) is 0 Å². The zero-order valence-electron chi connectivity index (χ0n) is 15.9. The number of thioether (sulfide) groups is 1. The van der Waals surface area contributed by atoms with Gasteiger partial charge in [0.15, 0.2) is 0 Å². The monoisotopic (exact) mass is 401 g/mol. The Bertz CT molecular complexity index is 927. The molecule has 0 saturated carbocycles. The topological polar surface area (TPSA) is 98.1 Å². The summed E-state index contributed by atoms with van der Waals surface area (Å²) in [5.41, 5.74) is 2.79. The molecular weight excluding hydrogens is 378 g/mol. The van der Waals surface area contributed by atoms with E-state index in [9.17, 15) is 24.9 Å². The van der Waals surface area contributed by atoms with Crippen molar-refractivity contribution in [3.63, 3.8) is 0 Å². The molecule has 1 fully saturated rings. The lowest BCUT2D eigenvalue weighted by Gasteiger charge is -2.27. The highest BCUT2D eigenvalue weighted by atomic mass is 32.2. The van der Waals surface area contributed by atoms with Gasteiger partial charge in [-0.3, -0.25) is 14.5 Å². The average Bonchev–Trinajstić information content (AvgIpc) is 2.91. The number of benzene rings is 2. The minimum absolute atomic E-state index is 0.0544. The number of rotatable bonds is 5. The number of aryl methyl sites for hydroxylation is 1. The third-order valence-electron chi connectivity index (χ3n) is 4.78. The predicted octanol–water partition coefficient (Wildman–Crippen LogP) is 4.15. The molecule has 2 aromatic rings. The lowest BCUT2D eigenvalue weighted by molar-refractivity contribution is -0.138. The fourth-order valence-corrected chi connectivity index (χ4v) is 4.83. The minimum atomic E-state index is -1.03. The highest BCUT2D eigenvalue weighted by Gasteiger charge is 2.43. The zero-order chi connectivity index (χ0) is 20.6. The third kappa shape index (κ3) is 3.80. The first-order valence-electron chi connectivity index (χ1n) is 9.01.